The van der Waals surface area contributed by atoms with Crippen molar-refractivity contribution in [2.24, 2.45) is 5.73 Å². The Kier molecular flexibility index (Phi) is 5.94. The smallest absolute Gasteiger partial charge is 0.258 e. The molecule has 3 N–H and O–H groups in total. The van der Waals surface area contributed by atoms with E-state index in [9.17, 15) is 9.18 Å². The lowest BCUT2D eigenvalue weighted by molar-refractivity contribution is 0.102. The molecular formula is C23H16Cl2FN5O. The average Bonchev–Trinajstić information content (AvgIpc) is 3.19. The average molecular weight is 468 g/mol. The fourth-order valence-corrected chi connectivity index (χ4v) is 3.52. The zero-order valence-electron chi connectivity index (χ0n) is 16.5. The zero-order chi connectivity index (χ0) is 22.8. The molecule has 0 fully saturated rings. The van der Waals surface area contributed by atoms with E-state index >= 15 is 0 Å². The van der Waals surface area contributed by atoms with E-state index in [4.69, 9.17) is 28.9 Å². The Morgan fingerprint density at radius 2 is 1.81 bits per heavy atom. The molecule has 4 rings (SSSR count). The SMILES string of the molecule is C=C(N)c1cc(NC(=O)c2cc(-c3ncc(F)cc3Cl)ccc2Cl)n(-c2ccccc2)n1. The van der Waals surface area contributed by atoms with Crippen LogP contribution in [0, 0.1) is 5.82 Å². The van der Waals surface area contributed by atoms with Crippen LogP contribution in [-0.2, 0) is 0 Å². The van der Waals surface area contributed by atoms with Gasteiger partial charge >= 0.3 is 0 Å². The van der Waals surface area contributed by atoms with Crippen molar-refractivity contribution in [2.75, 3.05) is 5.32 Å². The number of aromatic nitrogens is 3. The van der Waals surface area contributed by atoms with E-state index in [0.717, 1.165) is 18.0 Å². The second kappa shape index (κ2) is 8.82. The van der Waals surface area contributed by atoms with Gasteiger partial charge in [0.25, 0.3) is 5.91 Å². The van der Waals surface area contributed by atoms with Gasteiger partial charge in [0.2, 0.25) is 0 Å². The molecule has 2 aromatic carbocycles. The Balaban J connectivity index is 1.71. The molecule has 32 heavy (non-hydrogen) atoms. The van der Waals surface area contributed by atoms with E-state index in [1.807, 2.05) is 30.3 Å². The van der Waals surface area contributed by atoms with E-state index in [0.29, 0.717) is 22.8 Å². The van der Waals surface area contributed by atoms with E-state index in [1.54, 1.807) is 22.9 Å². The van der Waals surface area contributed by atoms with Crippen molar-refractivity contribution in [3.63, 3.8) is 0 Å². The summed E-state index contributed by atoms with van der Waals surface area (Å²) in [7, 11) is 0. The number of carbonyl (C=O) groups is 1. The van der Waals surface area contributed by atoms with E-state index in [2.05, 4.69) is 22.0 Å². The third-order valence-electron chi connectivity index (χ3n) is 4.57. The first-order chi connectivity index (χ1) is 15.3. The first kappa shape index (κ1) is 21.5. The largest absolute Gasteiger partial charge is 0.397 e. The standard InChI is InChI=1S/C23H16Cl2FN5O/c1-13(27)20-11-21(31(30-20)16-5-3-2-4-6-16)29-23(32)17-9-14(7-8-18(17)24)22-19(25)10-15(26)12-28-22/h2-12H,1,27H2,(H,29,32). The van der Waals surface area contributed by atoms with Gasteiger partial charge in [0.05, 0.1) is 38.9 Å². The Morgan fingerprint density at radius 3 is 2.50 bits per heavy atom. The third-order valence-corrected chi connectivity index (χ3v) is 5.19. The molecule has 0 aliphatic carbocycles. The summed E-state index contributed by atoms with van der Waals surface area (Å²) < 4.78 is 14.9. The van der Waals surface area contributed by atoms with Crippen LogP contribution in [0.5, 0.6) is 0 Å². The van der Waals surface area contributed by atoms with Crippen molar-refractivity contribution in [3.8, 4) is 16.9 Å². The number of amides is 1. The fourth-order valence-electron chi connectivity index (χ4n) is 3.05. The summed E-state index contributed by atoms with van der Waals surface area (Å²) >= 11 is 12.4. The summed E-state index contributed by atoms with van der Waals surface area (Å²) in [5.41, 5.74) is 8.22. The number of nitrogens with two attached hydrogens (primary N) is 1. The van der Waals surface area contributed by atoms with Gasteiger partial charge < -0.3 is 11.1 Å². The fraction of sp³-hybridized carbons (Fsp3) is 0. The van der Waals surface area contributed by atoms with Crippen LogP contribution in [0.4, 0.5) is 10.2 Å². The Labute approximate surface area is 193 Å². The van der Waals surface area contributed by atoms with Crippen molar-refractivity contribution in [3.05, 3.63) is 101 Å². The number of rotatable bonds is 5. The number of hydrogen-bond acceptors (Lipinski definition) is 4. The van der Waals surface area contributed by atoms with E-state index in [-0.39, 0.29) is 21.3 Å². The first-order valence-electron chi connectivity index (χ1n) is 9.36. The molecule has 4 aromatic rings. The van der Waals surface area contributed by atoms with Crippen LogP contribution in [0.3, 0.4) is 0 Å². The van der Waals surface area contributed by atoms with Crippen LogP contribution in [-0.4, -0.2) is 20.7 Å². The second-order valence-corrected chi connectivity index (χ2v) is 7.63. The third kappa shape index (κ3) is 4.34. The maximum Gasteiger partial charge on any atom is 0.258 e. The highest BCUT2D eigenvalue weighted by atomic mass is 35.5. The number of nitrogens with one attached hydrogen (secondary N) is 1. The molecule has 2 heterocycles. The van der Waals surface area contributed by atoms with Gasteiger partial charge in [-0.05, 0) is 30.3 Å². The molecule has 160 valence electrons. The summed E-state index contributed by atoms with van der Waals surface area (Å²) in [4.78, 5) is 17.1. The summed E-state index contributed by atoms with van der Waals surface area (Å²) in [6.45, 7) is 3.71. The summed E-state index contributed by atoms with van der Waals surface area (Å²) in [6, 6.07) is 16.7. The van der Waals surface area contributed by atoms with Gasteiger partial charge in [0.15, 0.2) is 0 Å². The minimum absolute atomic E-state index is 0.118. The Morgan fingerprint density at radius 1 is 1.06 bits per heavy atom. The van der Waals surface area contributed by atoms with Gasteiger partial charge in [0, 0.05) is 11.6 Å². The molecular weight excluding hydrogens is 452 g/mol. The highest BCUT2D eigenvalue weighted by Crippen LogP contribution is 2.30. The lowest BCUT2D eigenvalue weighted by Gasteiger charge is -2.11. The van der Waals surface area contributed by atoms with Gasteiger partial charge in [0.1, 0.15) is 17.3 Å². The molecule has 0 aliphatic rings. The lowest BCUT2D eigenvalue weighted by Crippen LogP contribution is -2.15. The van der Waals surface area contributed by atoms with Gasteiger partial charge in [-0.15, -0.1) is 0 Å². The normalized spacial score (nSPS) is 10.7. The monoisotopic (exact) mass is 467 g/mol. The van der Waals surface area contributed by atoms with Gasteiger partial charge in [-0.25, -0.2) is 9.07 Å². The summed E-state index contributed by atoms with van der Waals surface area (Å²) in [6.07, 6.45) is 1.05. The molecule has 0 bridgehead atoms. The van der Waals surface area contributed by atoms with E-state index in [1.165, 1.54) is 6.07 Å². The van der Waals surface area contributed by atoms with Crippen LogP contribution < -0.4 is 11.1 Å². The van der Waals surface area contributed by atoms with Crippen LogP contribution in [0.25, 0.3) is 22.6 Å². The molecule has 2 aromatic heterocycles. The van der Waals surface area contributed by atoms with Crippen LogP contribution >= 0.6 is 23.2 Å². The second-order valence-electron chi connectivity index (χ2n) is 6.82. The number of para-hydroxylation sites is 1. The topological polar surface area (TPSA) is 85.8 Å². The van der Waals surface area contributed by atoms with Crippen molar-refractivity contribution < 1.29 is 9.18 Å². The molecule has 0 saturated carbocycles. The van der Waals surface area contributed by atoms with Crippen molar-refractivity contribution in [1.82, 2.24) is 14.8 Å². The molecule has 0 saturated heterocycles. The van der Waals surface area contributed by atoms with Crippen molar-refractivity contribution >= 4 is 40.6 Å². The van der Waals surface area contributed by atoms with Gasteiger partial charge in [-0.1, -0.05) is 54.0 Å². The molecule has 0 aliphatic heterocycles. The molecule has 1 amide bonds. The summed E-state index contributed by atoms with van der Waals surface area (Å²) in [5.74, 6) is -0.666. The molecule has 6 nitrogen and oxygen atoms in total. The highest BCUT2D eigenvalue weighted by Gasteiger charge is 2.18. The Hall–Kier alpha value is -3.68. The van der Waals surface area contributed by atoms with Crippen LogP contribution in [0.15, 0.2) is 73.4 Å². The number of benzene rings is 2. The maximum atomic E-state index is 13.4. The quantitative estimate of drug-likeness (QED) is 0.402. The molecule has 0 atom stereocenters. The summed E-state index contributed by atoms with van der Waals surface area (Å²) in [5, 5.41) is 7.56. The number of halogens is 3. The number of hydrogen-bond donors (Lipinski definition) is 2. The minimum Gasteiger partial charge on any atom is -0.397 e. The number of carbonyl (C=O) groups excluding carboxylic acids is 1. The predicted octanol–water partition coefficient (Wildman–Crippen LogP) is 5.56. The Bertz CT molecular complexity index is 1340. The molecule has 0 radical (unpaired) electrons. The van der Waals surface area contributed by atoms with Crippen molar-refractivity contribution in [1.29, 1.82) is 0 Å². The number of pyridine rings is 1. The van der Waals surface area contributed by atoms with Gasteiger partial charge in [-0.2, -0.15) is 5.10 Å². The van der Waals surface area contributed by atoms with Gasteiger partial charge in [-0.3, -0.25) is 9.78 Å². The van der Waals surface area contributed by atoms with Crippen molar-refractivity contribution in [2.45, 2.75) is 0 Å². The highest BCUT2D eigenvalue weighted by molar-refractivity contribution is 6.35. The zero-order valence-corrected chi connectivity index (χ0v) is 18.0. The number of nitrogens with zero attached hydrogens (tertiary/aromatic N) is 3. The first-order valence-corrected chi connectivity index (χ1v) is 10.1. The predicted molar refractivity (Wildman–Crippen MR) is 124 cm³/mol. The van der Waals surface area contributed by atoms with Crippen LogP contribution in [0.1, 0.15) is 16.1 Å². The molecule has 0 unspecified atom stereocenters. The minimum atomic E-state index is -0.558. The lowest BCUT2D eigenvalue weighted by atomic mass is 10.1. The van der Waals surface area contributed by atoms with Crippen LogP contribution in [0.2, 0.25) is 10.0 Å². The van der Waals surface area contributed by atoms with E-state index < -0.39 is 11.7 Å². The molecule has 0 spiro atoms. The number of anilines is 1. The molecule has 9 heteroatoms. The maximum absolute atomic E-state index is 13.4.